The van der Waals surface area contributed by atoms with Gasteiger partial charge in [-0.2, -0.15) is 0 Å². The van der Waals surface area contributed by atoms with Crippen molar-refractivity contribution >= 4 is 23.3 Å². The van der Waals surface area contributed by atoms with Crippen LogP contribution in [0.1, 0.15) is 80.5 Å². The number of aliphatic hydroxyl groups is 2. The highest BCUT2D eigenvalue weighted by Crippen LogP contribution is 2.42. The molecule has 1 aliphatic rings. The summed E-state index contributed by atoms with van der Waals surface area (Å²) in [5.74, 6) is 0.458. The summed E-state index contributed by atoms with van der Waals surface area (Å²) in [5, 5.41) is 24.0. The number of halogens is 1. The topological polar surface area (TPSA) is 125 Å². The van der Waals surface area contributed by atoms with Crippen LogP contribution >= 0.6 is 11.6 Å². The number of nitrogens with zero attached hydrogens (tertiary/aromatic N) is 3. The van der Waals surface area contributed by atoms with E-state index in [9.17, 15) is 15.0 Å². The van der Waals surface area contributed by atoms with Crippen molar-refractivity contribution in [1.29, 1.82) is 0 Å². The fourth-order valence-corrected chi connectivity index (χ4v) is 5.04. The Morgan fingerprint density at radius 1 is 1.10 bits per heavy atom. The van der Waals surface area contributed by atoms with Crippen LogP contribution in [0.5, 0.6) is 0 Å². The first-order valence-corrected chi connectivity index (χ1v) is 13.8. The lowest BCUT2D eigenvalue weighted by Crippen LogP contribution is -2.38. The Bertz CT molecular complexity index is 1190. The number of rotatable bonds is 10. The molecule has 8 nitrogen and oxygen atoms in total. The minimum absolute atomic E-state index is 0.216. The first-order chi connectivity index (χ1) is 18.7. The standard InChI is InChI=1S/C18H21ClN2O2.C12H19N3O/c1-12(17(22)14-5-3-2-4-6-14)21-11-16(18(20)23)13-7-9-15(19)10-8-13;1-4-15(5-2)12-10-8(3)6-9(16)11(10)13-7-14-12/h2-10,12,16-17,21-22H,11H2,1H3,(H2,20,23);7-9,16H,4-6H2,1-3H3/t12-,16?,17-;8-,9-/m11/s1. The molecule has 5 N–H and O–H groups in total. The second-order valence-electron chi connectivity index (χ2n) is 9.88. The lowest BCUT2D eigenvalue weighted by molar-refractivity contribution is -0.119. The molecule has 0 saturated carbocycles. The van der Waals surface area contributed by atoms with Crippen LogP contribution in [0, 0.1) is 0 Å². The second-order valence-corrected chi connectivity index (χ2v) is 10.3. The molecule has 0 aliphatic heterocycles. The monoisotopic (exact) mass is 553 g/mol. The quantitative estimate of drug-likeness (QED) is 0.291. The molecule has 1 unspecified atom stereocenters. The predicted molar refractivity (Wildman–Crippen MR) is 156 cm³/mol. The molecule has 0 bridgehead atoms. The summed E-state index contributed by atoms with van der Waals surface area (Å²) >= 11 is 5.87. The number of amides is 1. The number of fused-ring (bicyclic) bond motifs is 1. The van der Waals surface area contributed by atoms with Gasteiger partial charge in [0.15, 0.2) is 0 Å². The summed E-state index contributed by atoms with van der Waals surface area (Å²) in [7, 11) is 0. The second kappa shape index (κ2) is 14.4. The van der Waals surface area contributed by atoms with E-state index in [1.807, 2.05) is 37.3 Å². The number of nitrogens with two attached hydrogens (primary N) is 1. The molecule has 1 heterocycles. The van der Waals surface area contributed by atoms with Gasteiger partial charge in [-0.1, -0.05) is 61.0 Å². The van der Waals surface area contributed by atoms with Crippen molar-refractivity contribution in [2.75, 3.05) is 24.5 Å². The van der Waals surface area contributed by atoms with E-state index in [4.69, 9.17) is 17.3 Å². The molecule has 1 amide bonds. The summed E-state index contributed by atoms with van der Waals surface area (Å²) in [6.45, 7) is 10.5. The zero-order valence-corrected chi connectivity index (χ0v) is 23.8. The summed E-state index contributed by atoms with van der Waals surface area (Å²) in [6.07, 6.45) is 1.26. The molecule has 3 aromatic rings. The van der Waals surface area contributed by atoms with Crippen LogP contribution in [-0.2, 0) is 4.79 Å². The number of nitrogens with one attached hydrogen (secondary N) is 1. The van der Waals surface area contributed by atoms with Crippen molar-refractivity contribution in [3.8, 4) is 0 Å². The third-order valence-corrected chi connectivity index (χ3v) is 7.47. The Kier molecular flexibility index (Phi) is 11.2. The highest BCUT2D eigenvalue weighted by Gasteiger charge is 2.32. The van der Waals surface area contributed by atoms with Crippen LogP contribution < -0.4 is 16.0 Å². The van der Waals surface area contributed by atoms with Crippen molar-refractivity contribution in [3.63, 3.8) is 0 Å². The number of carbonyl (C=O) groups excluding carboxylic acids is 1. The minimum atomic E-state index is -0.657. The predicted octanol–water partition coefficient (Wildman–Crippen LogP) is 4.48. The summed E-state index contributed by atoms with van der Waals surface area (Å²) in [6, 6.07) is 16.2. The van der Waals surface area contributed by atoms with Crippen LogP contribution in [-0.4, -0.2) is 51.8 Å². The van der Waals surface area contributed by atoms with E-state index < -0.39 is 24.0 Å². The van der Waals surface area contributed by atoms with Gasteiger partial charge in [-0.15, -0.1) is 0 Å². The fourth-order valence-electron chi connectivity index (χ4n) is 4.91. The molecule has 0 fully saturated rings. The van der Waals surface area contributed by atoms with Gasteiger partial charge in [-0.3, -0.25) is 4.79 Å². The molecule has 0 spiro atoms. The van der Waals surface area contributed by atoms with E-state index in [0.717, 1.165) is 47.7 Å². The van der Waals surface area contributed by atoms with Gasteiger partial charge in [-0.05, 0) is 56.4 Å². The minimum Gasteiger partial charge on any atom is -0.387 e. The molecule has 4 rings (SSSR count). The normalized spacial score (nSPS) is 18.3. The van der Waals surface area contributed by atoms with E-state index >= 15 is 0 Å². The van der Waals surface area contributed by atoms with Crippen molar-refractivity contribution in [2.45, 2.75) is 64.2 Å². The third-order valence-electron chi connectivity index (χ3n) is 7.22. The molecule has 5 atom stereocenters. The molecular formula is C30H40ClN5O3. The van der Waals surface area contributed by atoms with Crippen molar-refractivity contribution in [1.82, 2.24) is 15.3 Å². The Hall–Kier alpha value is -3.04. The molecule has 0 radical (unpaired) electrons. The number of hydrogen-bond donors (Lipinski definition) is 4. The molecule has 1 aliphatic carbocycles. The van der Waals surface area contributed by atoms with Crippen LogP contribution in [0.15, 0.2) is 60.9 Å². The van der Waals surface area contributed by atoms with Gasteiger partial charge >= 0.3 is 0 Å². The smallest absolute Gasteiger partial charge is 0.226 e. The highest BCUT2D eigenvalue weighted by molar-refractivity contribution is 6.30. The molecular weight excluding hydrogens is 514 g/mol. The first kappa shape index (κ1) is 30.5. The third kappa shape index (κ3) is 7.76. The summed E-state index contributed by atoms with van der Waals surface area (Å²) in [5.41, 5.74) is 9.10. The Labute approximate surface area is 236 Å². The van der Waals surface area contributed by atoms with E-state index in [1.165, 1.54) is 0 Å². The van der Waals surface area contributed by atoms with E-state index in [2.05, 4.69) is 41.0 Å². The Morgan fingerprint density at radius 3 is 2.33 bits per heavy atom. The number of carbonyl (C=O) groups is 1. The van der Waals surface area contributed by atoms with E-state index in [-0.39, 0.29) is 6.04 Å². The van der Waals surface area contributed by atoms with Gasteiger partial charge in [0.2, 0.25) is 5.91 Å². The number of primary amides is 1. The summed E-state index contributed by atoms with van der Waals surface area (Å²) in [4.78, 5) is 22.5. The van der Waals surface area contributed by atoms with E-state index in [0.29, 0.717) is 17.5 Å². The lowest BCUT2D eigenvalue weighted by atomic mass is 9.97. The van der Waals surface area contributed by atoms with Crippen molar-refractivity contribution < 1.29 is 15.0 Å². The highest BCUT2D eigenvalue weighted by atomic mass is 35.5. The largest absolute Gasteiger partial charge is 0.387 e. The van der Waals surface area contributed by atoms with Crippen molar-refractivity contribution in [3.05, 3.63) is 88.3 Å². The molecule has 2 aromatic carbocycles. The average Bonchev–Trinajstić information content (AvgIpc) is 3.24. The van der Waals surface area contributed by atoms with Crippen LogP contribution in [0.4, 0.5) is 5.82 Å². The summed E-state index contributed by atoms with van der Waals surface area (Å²) < 4.78 is 0. The van der Waals surface area contributed by atoms with Gasteiger partial charge in [0.25, 0.3) is 0 Å². The first-order valence-electron chi connectivity index (χ1n) is 13.5. The van der Waals surface area contributed by atoms with Crippen molar-refractivity contribution in [2.24, 2.45) is 5.73 Å². The number of hydrogen-bond acceptors (Lipinski definition) is 7. The number of aliphatic hydroxyl groups excluding tert-OH is 2. The number of aromatic nitrogens is 2. The SMILES string of the molecule is CCN(CC)c1ncnc2c1[C@H](C)C[C@H]2O.C[C@@H](NCC(C(N)=O)c1ccc(Cl)cc1)[C@@H](O)c1ccccc1. The van der Waals surface area contributed by atoms with Gasteiger partial charge in [0.05, 0.1) is 23.8 Å². The number of benzene rings is 2. The molecule has 9 heteroatoms. The Balaban J connectivity index is 0.000000230. The number of anilines is 1. The van der Waals surface area contributed by atoms with Crippen LogP contribution in [0.25, 0.3) is 0 Å². The molecule has 1 aromatic heterocycles. The average molecular weight is 554 g/mol. The Morgan fingerprint density at radius 2 is 1.74 bits per heavy atom. The zero-order chi connectivity index (χ0) is 28.5. The molecule has 39 heavy (non-hydrogen) atoms. The lowest BCUT2D eigenvalue weighted by Gasteiger charge is -2.23. The van der Waals surface area contributed by atoms with Gasteiger partial charge in [0.1, 0.15) is 12.1 Å². The maximum absolute atomic E-state index is 11.7. The molecule has 0 saturated heterocycles. The van der Waals surface area contributed by atoms with E-state index in [1.54, 1.807) is 30.6 Å². The van der Waals surface area contributed by atoms with Crippen LogP contribution in [0.3, 0.4) is 0 Å². The van der Waals surface area contributed by atoms with Crippen LogP contribution in [0.2, 0.25) is 5.02 Å². The van der Waals surface area contributed by atoms with Gasteiger partial charge < -0.3 is 26.2 Å². The zero-order valence-electron chi connectivity index (χ0n) is 23.1. The van der Waals surface area contributed by atoms with Gasteiger partial charge in [0, 0.05) is 36.3 Å². The maximum atomic E-state index is 11.7. The maximum Gasteiger partial charge on any atom is 0.226 e. The fraction of sp³-hybridized carbons (Fsp3) is 0.433. The molecule has 210 valence electrons. The van der Waals surface area contributed by atoms with Gasteiger partial charge in [-0.25, -0.2) is 9.97 Å².